The summed E-state index contributed by atoms with van der Waals surface area (Å²) in [5.41, 5.74) is 1.72. The van der Waals surface area contributed by atoms with Crippen molar-refractivity contribution in [3.63, 3.8) is 0 Å². The van der Waals surface area contributed by atoms with E-state index in [4.69, 9.17) is 4.74 Å². The van der Waals surface area contributed by atoms with E-state index in [9.17, 15) is 18.0 Å². The maximum atomic E-state index is 12.6. The van der Waals surface area contributed by atoms with Crippen LogP contribution < -0.4 is 5.32 Å². The molecule has 1 aliphatic carbocycles. The number of carbonyl (C=O) groups is 2. The predicted octanol–water partition coefficient (Wildman–Crippen LogP) is 3.32. The highest BCUT2D eigenvalue weighted by Gasteiger charge is 2.29. The van der Waals surface area contributed by atoms with Crippen molar-refractivity contribution in [2.45, 2.75) is 31.1 Å². The Kier molecular flexibility index (Phi) is 5.39. The molecule has 0 unspecified atom stereocenters. The summed E-state index contributed by atoms with van der Waals surface area (Å²) in [6.45, 7) is 2.17. The average molecular weight is 408 g/mol. The van der Waals surface area contributed by atoms with E-state index in [0.717, 1.165) is 36.0 Å². The summed E-state index contributed by atoms with van der Waals surface area (Å²) in [6.07, 6.45) is 3.77. The Morgan fingerprint density at radius 2 is 1.89 bits per heavy atom. The van der Waals surface area contributed by atoms with Crippen molar-refractivity contribution in [2.24, 2.45) is 5.92 Å². The molecule has 1 aromatic carbocycles. The molecule has 0 saturated carbocycles. The molecule has 3 rings (SSSR count). The number of thiophene rings is 1. The molecule has 0 radical (unpaired) electrons. The fraction of sp³-hybridized carbons (Fsp3) is 0.368. The Morgan fingerprint density at radius 1 is 1.22 bits per heavy atom. The van der Waals surface area contributed by atoms with Crippen molar-refractivity contribution < 1.29 is 22.7 Å². The van der Waals surface area contributed by atoms with Gasteiger partial charge >= 0.3 is 5.97 Å². The van der Waals surface area contributed by atoms with E-state index < -0.39 is 21.7 Å². The van der Waals surface area contributed by atoms with Gasteiger partial charge in [0.1, 0.15) is 5.00 Å². The second-order valence-corrected chi connectivity index (χ2v) is 9.92. The minimum absolute atomic E-state index is 0.148. The molecule has 0 saturated heterocycles. The standard InChI is InChI=1S/C19H21NO5S2/c1-11-4-9-14-15(10-11)26-18(16(14)19(22)25-2)20-17(21)12-5-7-13(8-6-12)27(3,23)24/h5-8,11H,4,9-10H2,1-3H3,(H,20,21)/t11-/m0/s1. The smallest absolute Gasteiger partial charge is 0.341 e. The van der Waals surface area contributed by atoms with Crippen molar-refractivity contribution in [1.29, 1.82) is 0 Å². The summed E-state index contributed by atoms with van der Waals surface area (Å²) >= 11 is 1.41. The number of hydrogen-bond donors (Lipinski definition) is 1. The van der Waals surface area contributed by atoms with Crippen LogP contribution in [0.5, 0.6) is 0 Å². The van der Waals surface area contributed by atoms with E-state index in [-0.39, 0.29) is 4.90 Å². The highest BCUT2D eigenvalue weighted by molar-refractivity contribution is 7.90. The van der Waals surface area contributed by atoms with Crippen LogP contribution in [0.4, 0.5) is 5.00 Å². The van der Waals surface area contributed by atoms with Crippen LogP contribution in [-0.4, -0.2) is 33.7 Å². The molecule has 27 heavy (non-hydrogen) atoms. The largest absolute Gasteiger partial charge is 0.465 e. The first-order valence-corrected chi connectivity index (χ1v) is 11.3. The lowest BCUT2D eigenvalue weighted by Crippen LogP contribution is -2.16. The Morgan fingerprint density at radius 3 is 2.48 bits per heavy atom. The topological polar surface area (TPSA) is 89.5 Å². The molecule has 0 aliphatic heterocycles. The van der Waals surface area contributed by atoms with Crippen molar-refractivity contribution in [2.75, 3.05) is 18.7 Å². The van der Waals surface area contributed by atoms with E-state index >= 15 is 0 Å². The van der Waals surface area contributed by atoms with Crippen molar-refractivity contribution in [1.82, 2.24) is 0 Å². The highest BCUT2D eigenvalue weighted by atomic mass is 32.2. The van der Waals surface area contributed by atoms with Crippen LogP contribution in [0, 0.1) is 5.92 Å². The Labute approximate surface area is 162 Å². The summed E-state index contributed by atoms with van der Waals surface area (Å²) in [6, 6.07) is 5.71. The lowest BCUT2D eigenvalue weighted by molar-refractivity contribution is 0.0601. The number of ether oxygens (including phenoxy) is 1. The van der Waals surface area contributed by atoms with E-state index in [2.05, 4.69) is 12.2 Å². The third kappa shape index (κ3) is 4.06. The van der Waals surface area contributed by atoms with E-state index in [0.29, 0.717) is 22.0 Å². The van der Waals surface area contributed by atoms with Gasteiger partial charge in [0.15, 0.2) is 9.84 Å². The number of carbonyl (C=O) groups excluding carboxylic acids is 2. The van der Waals surface area contributed by atoms with Crippen LogP contribution in [0.15, 0.2) is 29.2 Å². The van der Waals surface area contributed by atoms with Gasteiger partial charge in [-0.15, -0.1) is 11.3 Å². The highest BCUT2D eigenvalue weighted by Crippen LogP contribution is 2.40. The van der Waals surface area contributed by atoms with Gasteiger partial charge in [-0.1, -0.05) is 6.92 Å². The van der Waals surface area contributed by atoms with Gasteiger partial charge in [0, 0.05) is 16.7 Å². The van der Waals surface area contributed by atoms with Gasteiger partial charge in [0.25, 0.3) is 5.91 Å². The number of anilines is 1. The second kappa shape index (κ2) is 7.44. The summed E-state index contributed by atoms with van der Waals surface area (Å²) in [4.78, 5) is 26.2. The zero-order chi connectivity index (χ0) is 19.8. The van der Waals surface area contributed by atoms with Crippen molar-refractivity contribution in [3.05, 3.63) is 45.8 Å². The molecule has 0 bridgehead atoms. The van der Waals surface area contributed by atoms with Gasteiger partial charge in [0.05, 0.1) is 17.6 Å². The molecular formula is C19H21NO5S2. The number of hydrogen-bond acceptors (Lipinski definition) is 6. The van der Waals surface area contributed by atoms with E-state index in [1.54, 1.807) is 0 Å². The van der Waals surface area contributed by atoms with Gasteiger partial charge in [-0.25, -0.2) is 13.2 Å². The molecule has 1 atom stereocenters. The molecular weight excluding hydrogens is 386 g/mol. The van der Waals surface area contributed by atoms with Gasteiger partial charge in [-0.2, -0.15) is 0 Å². The number of amides is 1. The minimum atomic E-state index is -3.32. The zero-order valence-corrected chi connectivity index (χ0v) is 17.0. The van der Waals surface area contributed by atoms with Crippen LogP contribution in [0.3, 0.4) is 0 Å². The lowest BCUT2D eigenvalue weighted by Gasteiger charge is -2.18. The summed E-state index contributed by atoms with van der Waals surface area (Å²) in [7, 11) is -2.00. The zero-order valence-electron chi connectivity index (χ0n) is 15.4. The minimum Gasteiger partial charge on any atom is -0.465 e. The van der Waals surface area contributed by atoms with Crippen LogP contribution in [0.2, 0.25) is 0 Å². The molecule has 1 aromatic heterocycles. The molecule has 1 N–H and O–H groups in total. The van der Waals surface area contributed by atoms with Crippen molar-refractivity contribution >= 4 is 38.1 Å². The lowest BCUT2D eigenvalue weighted by atomic mass is 9.88. The van der Waals surface area contributed by atoms with Crippen LogP contribution >= 0.6 is 11.3 Å². The molecule has 1 amide bonds. The number of rotatable bonds is 4. The molecule has 2 aromatic rings. The monoisotopic (exact) mass is 407 g/mol. The molecule has 1 heterocycles. The maximum Gasteiger partial charge on any atom is 0.341 e. The van der Waals surface area contributed by atoms with E-state index in [1.807, 2.05) is 0 Å². The average Bonchev–Trinajstić information content (AvgIpc) is 2.97. The van der Waals surface area contributed by atoms with Gasteiger partial charge in [-0.05, 0) is 55.0 Å². The second-order valence-electron chi connectivity index (χ2n) is 6.80. The maximum absolute atomic E-state index is 12.6. The Hall–Kier alpha value is -2.19. The van der Waals surface area contributed by atoms with Gasteiger partial charge < -0.3 is 10.1 Å². The van der Waals surface area contributed by atoms with Crippen molar-refractivity contribution in [3.8, 4) is 0 Å². The number of benzene rings is 1. The number of fused-ring (bicyclic) bond motifs is 1. The van der Waals surface area contributed by atoms with E-state index in [1.165, 1.54) is 42.7 Å². The Balaban J connectivity index is 1.91. The molecule has 0 fully saturated rings. The number of nitrogens with one attached hydrogen (secondary N) is 1. The number of sulfone groups is 1. The molecule has 6 nitrogen and oxygen atoms in total. The van der Waals surface area contributed by atoms with Crippen LogP contribution in [0.25, 0.3) is 0 Å². The third-order valence-electron chi connectivity index (χ3n) is 4.67. The Bertz CT molecular complexity index is 990. The third-order valence-corrected chi connectivity index (χ3v) is 6.97. The van der Waals surface area contributed by atoms with Crippen LogP contribution in [0.1, 0.15) is 44.5 Å². The van der Waals surface area contributed by atoms with Gasteiger partial charge in [0.2, 0.25) is 0 Å². The SMILES string of the molecule is COC(=O)c1c(NC(=O)c2ccc(S(C)(=O)=O)cc2)sc2c1CC[C@H](C)C2. The number of methoxy groups -OCH3 is 1. The van der Waals surface area contributed by atoms with Gasteiger partial charge in [-0.3, -0.25) is 4.79 Å². The summed E-state index contributed by atoms with van der Waals surface area (Å²) in [5, 5.41) is 3.29. The summed E-state index contributed by atoms with van der Waals surface area (Å²) < 4.78 is 28.0. The quantitative estimate of drug-likeness (QED) is 0.786. The fourth-order valence-electron chi connectivity index (χ4n) is 3.19. The summed E-state index contributed by atoms with van der Waals surface area (Å²) in [5.74, 6) is -0.314. The first-order chi connectivity index (χ1) is 12.7. The normalized spacial score (nSPS) is 16.5. The van der Waals surface area contributed by atoms with Crippen LogP contribution in [-0.2, 0) is 27.4 Å². The predicted molar refractivity (Wildman–Crippen MR) is 104 cm³/mol. The first kappa shape index (κ1) is 19.6. The fourth-order valence-corrected chi connectivity index (χ4v) is 5.21. The first-order valence-electron chi connectivity index (χ1n) is 8.55. The molecule has 144 valence electrons. The number of esters is 1. The molecule has 8 heteroatoms. The molecule has 1 aliphatic rings. The molecule has 0 spiro atoms.